The van der Waals surface area contributed by atoms with E-state index in [-0.39, 0.29) is 11.8 Å². The first-order valence-corrected chi connectivity index (χ1v) is 11.8. The predicted octanol–water partition coefficient (Wildman–Crippen LogP) is 5.19. The molecular formula is C29H32O6. The Kier molecular flexibility index (Phi) is 9.87. The van der Waals surface area contributed by atoms with Gasteiger partial charge in [-0.15, -0.1) is 0 Å². The average Bonchev–Trinajstić information content (AvgIpc) is 2.88. The van der Waals surface area contributed by atoms with E-state index >= 15 is 0 Å². The lowest BCUT2D eigenvalue weighted by atomic mass is 10.0. The van der Waals surface area contributed by atoms with Crippen molar-refractivity contribution in [3.05, 3.63) is 95.1 Å². The summed E-state index contributed by atoms with van der Waals surface area (Å²) in [6.07, 6.45) is 0.532. The quantitative estimate of drug-likeness (QED) is 0.192. The molecule has 0 saturated heterocycles. The van der Waals surface area contributed by atoms with Crippen LogP contribution in [-0.2, 0) is 20.7 Å². The smallest absolute Gasteiger partial charge is 0.335 e. The van der Waals surface area contributed by atoms with Crippen molar-refractivity contribution in [3.8, 4) is 11.5 Å². The van der Waals surface area contributed by atoms with E-state index in [4.69, 9.17) is 18.9 Å². The third-order valence-corrected chi connectivity index (χ3v) is 5.46. The van der Waals surface area contributed by atoms with Crippen LogP contribution < -0.4 is 9.47 Å². The number of methoxy groups -OCH3 is 1. The fraction of sp³-hybridized carbons (Fsp3) is 0.310. The second kappa shape index (κ2) is 13.3. The maximum absolute atomic E-state index is 12.5. The van der Waals surface area contributed by atoms with Gasteiger partial charge in [-0.1, -0.05) is 42.5 Å². The summed E-state index contributed by atoms with van der Waals surface area (Å²) >= 11 is 0. The van der Waals surface area contributed by atoms with Crippen LogP contribution in [0.15, 0.2) is 72.8 Å². The van der Waals surface area contributed by atoms with Gasteiger partial charge in [-0.2, -0.15) is 0 Å². The fourth-order valence-corrected chi connectivity index (χ4v) is 3.60. The molecule has 6 nitrogen and oxygen atoms in total. The van der Waals surface area contributed by atoms with Gasteiger partial charge in [0.1, 0.15) is 11.5 Å². The molecule has 1 atom stereocenters. The molecule has 35 heavy (non-hydrogen) atoms. The number of ketones is 1. The molecule has 0 aliphatic rings. The summed E-state index contributed by atoms with van der Waals surface area (Å²) in [5.74, 6) is 1.14. The molecule has 184 valence electrons. The fourth-order valence-electron chi connectivity index (χ4n) is 3.60. The van der Waals surface area contributed by atoms with Crippen LogP contribution in [0.2, 0.25) is 0 Å². The minimum atomic E-state index is -0.621. The molecule has 0 aliphatic carbocycles. The lowest BCUT2D eigenvalue weighted by molar-refractivity contribution is -0.154. The normalized spacial score (nSPS) is 11.5. The lowest BCUT2D eigenvalue weighted by Gasteiger charge is -2.15. The standard InChI is InChI=1S/C29H32O6/c1-4-33-29(31)27(32-3)20-22-11-16-26(21(2)19-22)35-18-8-17-34-25-14-12-24(13-15-25)28(30)23-9-6-5-7-10-23/h5-7,9-16,19,27H,4,8,17-18,20H2,1-3H3/t27-/m0/s1. The number of rotatable bonds is 13. The average molecular weight is 477 g/mol. The molecule has 6 heteroatoms. The highest BCUT2D eigenvalue weighted by Crippen LogP contribution is 2.21. The van der Waals surface area contributed by atoms with Crippen LogP contribution in [0, 0.1) is 6.92 Å². The van der Waals surface area contributed by atoms with Gasteiger partial charge in [0, 0.05) is 31.1 Å². The van der Waals surface area contributed by atoms with Crippen molar-refractivity contribution in [1.29, 1.82) is 0 Å². The van der Waals surface area contributed by atoms with Gasteiger partial charge in [0.2, 0.25) is 0 Å². The van der Waals surface area contributed by atoms with Gasteiger partial charge in [0.15, 0.2) is 11.9 Å². The van der Waals surface area contributed by atoms with Gasteiger partial charge in [0.05, 0.1) is 19.8 Å². The molecule has 0 aliphatic heterocycles. The zero-order chi connectivity index (χ0) is 25.0. The largest absolute Gasteiger partial charge is 0.493 e. The Morgan fingerprint density at radius 1 is 0.857 bits per heavy atom. The second-order valence-electron chi connectivity index (χ2n) is 8.05. The third-order valence-electron chi connectivity index (χ3n) is 5.46. The molecule has 3 aromatic rings. The molecule has 0 N–H and O–H groups in total. The predicted molar refractivity (Wildman–Crippen MR) is 134 cm³/mol. The SMILES string of the molecule is CCOC(=O)[C@H](Cc1ccc(OCCCOc2ccc(C(=O)c3ccccc3)cc2)c(C)c1)OC. The van der Waals surface area contributed by atoms with E-state index in [1.807, 2.05) is 67.6 Å². The highest BCUT2D eigenvalue weighted by atomic mass is 16.6. The summed E-state index contributed by atoms with van der Waals surface area (Å²) in [5, 5.41) is 0. The molecule has 0 bridgehead atoms. The van der Waals surface area contributed by atoms with Crippen LogP contribution in [0.1, 0.15) is 40.4 Å². The van der Waals surface area contributed by atoms with Gasteiger partial charge in [-0.05, 0) is 55.3 Å². The Hall–Kier alpha value is -3.64. The molecular weight excluding hydrogens is 444 g/mol. The summed E-state index contributed by atoms with van der Waals surface area (Å²) in [5.41, 5.74) is 3.26. The van der Waals surface area contributed by atoms with Gasteiger partial charge in [0.25, 0.3) is 0 Å². The first-order chi connectivity index (χ1) is 17.0. The Morgan fingerprint density at radius 2 is 1.54 bits per heavy atom. The molecule has 0 fully saturated rings. The number of carbonyl (C=O) groups excluding carboxylic acids is 2. The van der Waals surface area contributed by atoms with Crippen molar-refractivity contribution < 1.29 is 28.5 Å². The third kappa shape index (κ3) is 7.69. The molecule has 0 unspecified atom stereocenters. The number of carbonyl (C=O) groups is 2. The topological polar surface area (TPSA) is 71.1 Å². The highest BCUT2D eigenvalue weighted by molar-refractivity contribution is 6.08. The minimum absolute atomic E-state index is 0.00873. The number of hydrogen-bond acceptors (Lipinski definition) is 6. The summed E-state index contributed by atoms with van der Waals surface area (Å²) in [4.78, 5) is 24.4. The van der Waals surface area contributed by atoms with E-state index in [2.05, 4.69) is 0 Å². The minimum Gasteiger partial charge on any atom is -0.493 e. The van der Waals surface area contributed by atoms with Crippen molar-refractivity contribution in [3.63, 3.8) is 0 Å². The molecule has 3 aromatic carbocycles. The molecule has 0 spiro atoms. The van der Waals surface area contributed by atoms with Gasteiger partial charge < -0.3 is 18.9 Å². The Labute approximate surface area is 206 Å². The summed E-state index contributed by atoms with van der Waals surface area (Å²) in [6, 6.07) is 22.2. The Bertz CT molecular complexity index is 1090. The van der Waals surface area contributed by atoms with E-state index in [0.29, 0.717) is 49.5 Å². The summed E-state index contributed by atoms with van der Waals surface area (Å²) in [7, 11) is 1.51. The summed E-state index contributed by atoms with van der Waals surface area (Å²) < 4.78 is 22.0. The van der Waals surface area contributed by atoms with Crippen LogP contribution in [0.25, 0.3) is 0 Å². The second-order valence-corrected chi connectivity index (χ2v) is 8.05. The number of hydrogen-bond donors (Lipinski definition) is 0. The number of ether oxygens (including phenoxy) is 4. The van der Waals surface area contributed by atoms with E-state index in [1.54, 1.807) is 19.1 Å². The van der Waals surface area contributed by atoms with Gasteiger partial charge in [-0.25, -0.2) is 4.79 Å². The Morgan fingerprint density at radius 3 is 2.20 bits per heavy atom. The molecule has 0 heterocycles. The van der Waals surface area contributed by atoms with Crippen molar-refractivity contribution >= 4 is 11.8 Å². The van der Waals surface area contributed by atoms with Crippen LogP contribution in [0.3, 0.4) is 0 Å². The molecule has 0 saturated carbocycles. The highest BCUT2D eigenvalue weighted by Gasteiger charge is 2.20. The van der Waals surface area contributed by atoms with Crippen molar-refractivity contribution in [2.24, 2.45) is 0 Å². The molecule has 0 radical (unpaired) electrons. The van der Waals surface area contributed by atoms with Crippen LogP contribution in [-0.4, -0.2) is 44.8 Å². The van der Waals surface area contributed by atoms with E-state index < -0.39 is 6.10 Å². The van der Waals surface area contributed by atoms with Crippen LogP contribution >= 0.6 is 0 Å². The molecule has 3 rings (SSSR count). The first-order valence-electron chi connectivity index (χ1n) is 11.8. The van der Waals surface area contributed by atoms with Crippen molar-refractivity contribution in [1.82, 2.24) is 0 Å². The van der Waals surface area contributed by atoms with E-state index in [0.717, 1.165) is 16.9 Å². The van der Waals surface area contributed by atoms with Gasteiger partial charge in [-0.3, -0.25) is 4.79 Å². The number of aryl methyl sites for hydroxylation is 1. The molecule has 0 aromatic heterocycles. The van der Waals surface area contributed by atoms with Gasteiger partial charge >= 0.3 is 5.97 Å². The summed E-state index contributed by atoms with van der Waals surface area (Å²) in [6.45, 7) is 5.08. The van der Waals surface area contributed by atoms with Crippen molar-refractivity contribution in [2.45, 2.75) is 32.8 Å². The van der Waals surface area contributed by atoms with Crippen molar-refractivity contribution in [2.75, 3.05) is 26.9 Å². The van der Waals surface area contributed by atoms with E-state index in [9.17, 15) is 9.59 Å². The zero-order valence-electron chi connectivity index (χ0n) is 20.5. The first kappa shape index (κ1) is 26.0. The number of esters is 1. The Balaban J connectivity index is 1.42. The van der Waals surface area contributed by atoms with Crippen LogP contribution in [0.4, 0.5) is 0 Å². The lowest BCUT2D eigenvalue weighted by Crippen LogP contribution is -2.27. The monoisotopic (exact) mass is 476 g/mol. The number of benzene rings is 3. The zero-order valence-corrected chi connectivity index (χ0v) is 20.5. The van der Waals surface area contributed by atoms with E-state index in [1.165, 1.54) is 7.11 Å². The van der Waals surface area contributed by atoms with Crippen LogP contribution in [0.5, 0.6) is 11.5 Å². The maximum Gasteiger partial charge on any atom is 0.335 e. The maximum atomic E-state index is 12.5. The molecule has 0 amide bonds.